The second kappa shape index (κ2) is 10.6. The van der Waals surface area contributed by atoms with E-state index >= 15 is 0 Å². The lowest BCUT2D eigenvalue weighted by molar-refractivity contribution is 0.168. The number of hydrogen-bond donors (Lipinski definition) is 8. The molecule has 1 aromatic rings. The zero-order valence-corrected chi connectivity index (χ0v) is 13.6. The molecular formula is C13H24NO8P. The van der Waals surface area contributed by atoms with Crippen LogP contribution in [0.3, 0.4) is 0 Å². The van der Waals surface area contributed by atoms with Gasteiger partial charge < -0.3 is 40.4 Å². The number of phosphoric acid groups is 1. The molecule has 0 aliphatic rings. The number of nitrogens with one attached hydrogen (secondary N) is 1. The third kappa shape index (κ3) is 12.0. The van der Waals surface area contributed by atoms with E-state index < -0.39 is 13.9 Å². The van der Waals surface area contributed by atoms with Gasteiger partial charge in [-0.15, -0.1) is 0 Å². The summed E-state index contributed by atoms with van der Waals surface area (Å²) in [5, 5.41) is 40.3. The number of rotatable bonds is 7. The molecule has 23 heavy (non-hydrogen) atoms. The summed E-state index contributed by atoms with van der Waals surface area (Å²) < 4.78 is 8.88. The molecule has 0 aliphatic carbocycles. The third-order valence-electron chi connectivity index (χ3n) is 2.84. The van der Waals surface area contributed by atoms with Crippen molar-refractivity contribution >= 4 is 7.82 Å². The Labute approximate surface area is 134 Å². The van der Waals surface area contributed by atoms with Gasteiger partial charge in [0.05, 0.1) is 6.10 Å². The number of aromatic hydroxyl groups is 2. The van der Waals surface area contributed by atoms with E-state index in [-0.39, 0.29) is 24.1 Å². The molecule has 8 N–H and O–H groups in total. The molecule has 0 radical (unpaired) electrons. The predicted molar refractivity (Wildman–Crippen MR) is 82.8 cm³/mol. The van der Waals surface area contributed by atoms with Gasteiger partial charge in [-0.1, -0.05) is 6.07 Å². The average Bonchev–Trinajstić information content (AvgIpc) is 2.43. The van der Waals surface area contributed by atoms with E-state index in [1.165, 1.54) is 12.1 Å². The quantitative estimate of drug-likeness (QED) is 0.247. The lowest BCUT2D eigenvalue weighted by Crippen LogP contribution is -2.30. The fourth-order valence-corrected chi connectivity index (χ4v) is 1.68. The topological polar surface area (TPSA) is 171 Å². The Kier molecular flexibility index (Phi) is 10.0. The first-order valence-corrected chi connectivity index (χ1v) is 8.43. The fraction of sp³-hybridized carbons (Fsp3) is 0.538. The molecule has 0 aliphatic heterocycles. The van der Waals surface area contributed by atoms with Gasteiger partial charge in [0.1, 0.15) is 0 Å². The van der Waals surface area contributed by atoms with E-state index in [0.29, 0.717) is 12.1 Å². The molecule has 0 aromatic heterocycles. The summed E-state index contributed by atoms with van der Waals surface area (Å²) in [6, 6.07) is 4.47. The second-order valence-corrected chi connectivity index (χ2v) is 5.98. The van der Waals surface area contributed by atoms with Crippen molar-refractivity contribution in [3.63, 3.8) is 0 Å². The molecule has 1 aromatic carbocycles. The van der Waals surface area contributed by atoms with Crippen molar-refractivity contribution in [2.45, 2.75) is 31.9 Å². The first-order valence-electron chi connectivity index (χ1n) is 6.87. The highest BCUT2D eigenvalue weighted by molar-refractivity contribution is 7.45. The van der Waals surface area contributed by atoms with E-state index in [4.69, 9.17) is 29.5 Å². The highest BCUT2D eigenvalue weighted by Crippen LogP contribution is 2.27. The average molecular weight is 353 g/mol. The highest BCUT2D eigenvalue weighted by Gasteiger charge is 2.11. The molecule has 9 nitrogen and oxygen atoms in total. The summed E-state index contributed by atoms with van der Waals surface area (Å²) in [4.78, 5) is 21.6. The summed E-state index contributed by atoms with van der Waals surface area (Å²) in [5.41, 5.74) is 0.548. The number of phenols is 2. The van der Waals surface area contributed by atoms with E-state index in [1.54, 1.807) is 6.07 Å². The number of aliphatic hydroxyl groups is 2. The SMILES string of the molecule is CC(CCCO)NCC(O)c1ccc(O)c(O)c1.O=P(O)(O)O. The van der Waals surface area contributed by atoms with E-state index in [0.717, 1.165) is 12.8 Å². The maximum absolute atomic E-state index is 9.91. The van der Waals surface area contributed by atoms with E-state index in [1.807, 2.05) is 6.92 Å². The van der Waals surface area contributed by atoms with Crippen molar-refractivity contribution in [1.29, 1.82) is 0 Å². The number of phenolic OH excluding ortho intramolecular Hbond substituents is 2. The first-order chi connectivity index (χ1) is 10.5. The van der Waals surface area contributed by atoms with Gasteiger partial charge in [-0.2, -0.15) is 0 Å². The van der Waals surface area contributed by atoms with Gasteiger partial charge in [-0.05, 0) is 37.5 Å². The maximum atomic E-state index is 9.91. The van der Waals surface area contributed by atoms with Crippen molar-refractivity contribution in [1.82, 2.24) is 5.32 Å². The zero-order chi connectivity index (χ0) is 18.0. The van der Waals surface area contributed by atoms with E-state index in [2.05, 4.69) is 5.32 Å². The molecule has 2 atom stereocenters. The Hall–Kier alpha value is -1.19. The Bertz CT molecular complexity index is 498. The van der Waals surface area contributed by atoms with E-state index in [9.17, 15) is 10.2 Å². The molecule has 2 unspecified atom stereocenters. The summed E-state index contributed by atoms with van der Waals surface area (Å²) in [6.45, 7) is 2.51. The molecular weight excluding hydrogens is 329 g/mol. The maximum Gasteiger partial charge on any atom is 0.466 e. The Morgan fingerprint density at radius 2 is 1.74 bits per heavy atom. The summed E-state index contributed by atoms with van der Waals surface area (Å²) in [6.07, 6.45) is 0.821. The van der Waals surface area contributed by atoms with Crippen LogP contribution >= 0.6 is 7.82 Å². The van der Waals surface area contributed by atoms with Gasteiger partial charge in [0.25, 0.3) is 0 Å². The van der Waals surface area contributed by atoms with Crippen LogP contribution in [0.15, 0.2) is 18.2 Å². The molecule has 0 bridgehead atoms. The van der Waals surface area contributed by atoms with Gasteiger partial charge in [0.2, 0.25) is 0 Å². The molecule has 10 heteroatoms. The Morgan fingerprint density at radius 3 is 2.22 bits per heavy atom. The lowest BCUT2D eigenvalue weighted by atomic mass is 10.1. The van der Waals surface area contributed by atoms with Crippen LogP contribution in [0.2, 0.25) is 0 Å². The summed E-state index contributed by atoms with van der Waals surface area (Å²) in [7, 11) is -4.64. The van der Waals surface area contributed by atoms with Crippen molar-refractivity contribution in [2.75, 3.05) is 13.2 Å². The monoisotopic (exact) mass is 353 g/mol. The van der Waals surface area contributed by atoms with Crippen LogP contribution in [0.25, 0.3) is 0 Å². The van der Waals surface area contributed by atoms with Crippen LogP contribution in [0, 0.1) is 0 Å². The van der Waals surface area contributed by atoms with Gasteiger partial charge >= 0.3 is 7.82 Å². The van der Waals surface area contributed by atoms with Crippen LogP contribution in [-0.4, -0.2) is 54.3 Å². The largest absolute Gasteiger partial charge is 0.504 e. The van der Waals surface area contributed by atoms with Gasteiger partial charge in [0, 0.05) is 19.2 Å². The molecule has 0 heterocycles. The second-order valence-electron chi connectivity index (χ2n) is 4.95. The van der Waals surface area contributed by atoms with Crippen LogP contribution < -0.4 is 5.32 Å². The molecule has 1 rings (SSSR count). The molecule has 0 saturated heterocycles. The molecule has 0 fully saturated rings. The summed E-state index contributed by atoms with van der Waals surface area (Å²) in [5.74, 6) is -0.435. The first kappa shape index (κ1) is 21.8. The Morgan fingerprint density at radius 1 is 1.17 bits per heavy atom. The molecule has 134 valence electrons. The van der Waals surface area contributed by atoms with Gasteiger partial charge in [-0.3, -0.25) is 0 Å². The van der Waals surface area contributed by atoms with Crippen LogP contribution in [0.5, 0.6) is 11.5 Å². The highest BCUT2D eigenvalue weighted by atomic mass is 31.2. The molecule has 0 saturated carbocycles. The number of benzene rings is 1. The number of aliphatic hydroxyl groups excluding tert-OH is 2. The van der Waals surface area contributed by atoms with Crippen molar-refractivity contribution in [3.8, 4) is 11.5 Å². The smallest absolute Gasteiger partial charge is 0.466 e. The normalized spacial score (nSPS) is 13.8. The van der Waals surface area contributed by atoms with Crippen molar-refractivity contribution in [3.05, 3.63) is 23.8 Å². The van der Waals surface area contributed by atoms with Crippen LogP contribution in [-0.2, 0) is 4.57 Å². The number of hydrogen-bond acceptors (Lipinski definition) is 6. The van der Waals surface area contributed by atoms with Gasteiger partial charge in [-0.25, -0.2) is 4.57 Å². The minimum atomic E-state index is -4.64. The van der Waals surface area contributed by atoms with Crippen LogP contribution in [0.4, 0.5) is 0 Å². The van der Waals surface area contributed by atoms with Crippen molar-refractivity contribution < 1.29 is 39.7 Å². The minimum Gasteiger partial charge on any atom is -0.504 e. The predicted octanol–water partition coefficient (Wildman–Crippen LogP) is -0.0468. The lowest BCUT2D eigenvalue weighted by Gasteiger charge is -2.17. The summed E-state index contributed by atoms with van der Waals surface area (Å²) >= 11 is 0. The van der Waals surface area contributed by atoms with Crippen LogP contribution in [0.1, 0.15) is 31.4 Å². The fourth-order valence-electron chi connectivity index (χ4n) is 1.68. The van der Waals surface area contributed by atoms with Crippen molar-refractivity contribution in [2.24, 2.45) is 0 Å². The van der Waals surface area contributed by atoms with Gasteiger partial charge in [0.15, 0.2) is 11.5 Å². The third-order valence-corrected chi connectivity index (χ3v) is 2.84. The Balaban J connectivity index is 0.000000841. The standard InChI is InChI=1S/C13H21NO4.H3O4P/c1-9(3-2-6-15)14-8-13(18)10-4-5-11(16)12(17)7-10;1-5(2,3)4/h4-5,7,9,13-18H,2-3,6,8H2,1H3;(H3,1,2,3,4). The minimum absolute atomic E-state index is 0.167. The molecule has 0 amide bonds. The zero-order valence-electron chi connectivity index (χ0n) is 12.7. The molecule has 0 spiro atoms.